The van der Waals surface area contributed by atoms with Crippen molar-refractivity contribution < 1.29 is 17.9 Å². The second kappa shape index (κ2) is 6.89. The Bertz CT molecular complexity index is 603. The summed E-state index contributed by atoms with van der Waals surface area (Å²) in [5, 5.41) is 0.400. The molecule has 0 saturated carbocycles. The van der Waals surface area contributed by atoms with Gasteiger partial charge in [0, 0.05) is 4.47 Å². The average Bonchev–Trinajstić information content (AvgIpc) is 2.38. The molecule has 112 valence electrons. The normalized spacial score (nSPS) is 13.3. The Morgan fingerprint density at radius 2 is 2.00 bits per heavy atom. The van der Waals surface area contributed by atoms with Crippen LogP contribution in [0.1, 0.15) is 13.8 Å². The molecule has 0 heterocycles. The van der Waals surface area contributed by atoms with Crippen LogP contribution in [0.25, 0.3) is 0 Å². The van der Waals surface area contributed by atoms with Gasteiger partial charge in [-0.05, 0) is 40.0 Å². The lowest BCUT2D eigenvalue weighted by Crippen LogP contribution is -2.44. The number of hydrogen-bond acceptors (Lipinski definition) is 4. The lowest BCUT2D eigenvalue weighted by atomic mass is 10.1. The molecule has 0 spiro atoms. The highest BCUT2D eigenvalue weighted by molar-refractivity contribution is 9.10. The molecule has 1 aromatic carbocycles. The summed E-state index contributed by atoms with van der Waals surface area (Å²) >= 11 is 8.98. The minimum Gasteiger partial charge on any atom is -0.468 e. The third kappa shape index (κ3) is 4.18. The number of sulfonamides is 1. The summed E-state index contributed by atoms with van der Waals surface area (Å²) in [4.78, 5) is 11.6. The standard InChI is InChI=1S/C12H15BrClNO4S/c1-7(2)11(12(16)19-3)15-20(17,18)8-4-5-10(14)9(13)6-8/h4-7,11,15H,1-3H3/t11-/m0/s1. The van der Waals surface area contributed by atoms with Crippen molar-refractivity contribution in [3.05, 3.63) is 27.7 Å². The number of carbonyl (C=O) groups excluding carboxylic acids is 1. The van der Waals surface area contributed by atoms with E-state index in [9.17, 15) is 13.2 Å². The van der Waals surface area contributed by atoms with Crippen molar-refractivity contribution in [1.82, 2.24) is 4.72 Å². The van der Waals surface area contributed by atoms with Crippen LogP contribution < -0.4 is 4.72 Å². The van der Waals surface area contributed by atoms with E-state index in [0.717, 1.165) is 0 Å². The third-order valence-corrected chi connectivity index (χ3v) is 5.26. The van der Waals surface area contributed by atoms with Crippen LogP contribution in [0.15, 0.2) is 27.6 Å². The predicted octanol–water partition coefficient (Wildman–Crippen LogP) is 2.58. The third-order valence-electron chi connectivity index (χ3n) is 2.61. The fraction of sp³-hybridized carbons (Fsp3) is 0.417. The Balaban J connectivity index is 3.09. The number of nitrogens with one attached hydrogen (secondary N) is 1. The van der Waals surface area contributed by atoms with Gasteiger partial charge in [-0.2, -0.15) is 4.72 Å². The molecule has 0 amide bonds. The van der Waals surface area contributed by atoms with Crippen LogP contribution in [0.4, 0.5) is 0 Å². The van der Waals surface area contributed by atoms with E-state index in [0.29, 0.717) is 9.50 Å². The monoisotopic (exact) mass is 383 g/mol. The van der Waals surface area contributed by atoms with Gasteiger partial charge in [0.05, 0.1) is 17.0 Å². The van der Waals surface area contributed by atoms with Crippen LogP contribution in [0, 0.1) is 5.92 Å². The molecule has 1 N–H and O–H groups in total. The van der Waals surface area contributed by atoms with Crippen molar-refractivity contribution in [1.29, 1.82) is 0 Å². The van der Waals surface area contributed by atoms with E-state index >= 15 is 0 Å². The summed E-state index contributed by atoms with van der Waals surface area (Å²) in [5.41, 5.74) is 0. The highest BCUT2D eigenvalue weighted by Crippen LogP contribution is 2.25. The largest absolute Gasteiger partial charge is 0.468 e. The second-order valence-corrected chi connectivity index (χ2v) is 7.42. The number of rotatable bonds is 5. The van der Waals surface area contributed by atoms with E-state index in [1.807, 2.05) is 0 Å². The first-order valence-corrected chi connectivity index (χ1v) is 8.39. The van der Waals surface area contributed by atoms with Gasteiger partial charge in [-0.1, -0.05) is 25.4 Å². The van der Waals surface area contributed by atoms with Crippen molar-refractivity contribution in [2.24, 2.45) is 5.92 Å². The van der Waals surface area contributed by atoms with Crippen LogP contribution in [0.3, 0.4) is 0 Å². The highest BCUT2D eigenvalue weighted by Gasteiger charge is 2.29. The SMILES string of the molecule is COC(=O)[C@@H](NS(=O)(=O)c1ccc(Cl)c(Br)c1)C(C)C. The number of ether oxygens (including phenoxy) is 1. The number of methoxy groups -OCH3 is 1. The quantitative estimate of drug-likeness (QED) is 0.792. The van der Waals surface area contributed by atoms with Gasteiger partial charge in [0.1, 0.15) is 6.04 Å². The Labute approximate surface area is 131 Å². The summed E-state index contributed by atoms with van der Waals surface area (Å²) in [6, 6.07) is 3.26. The Morgan fingerprint density at radius 1 is 1.40 bits per heavy atom. The lowest BCUT2D eigenvalue weighted by Gasteiger charge is -2.19. The molecule has 0 unspecified atom stereocenters. The molecule has 0 aliphatic heterocycles. The van der Waals surface area contributed by atoms with E-state index in [1.54, 1.807) is 13.8 Å². The van der Waals surface area contributed by atoms with Crippen LogP contribution >= 0.6 is 27.5 Å². The minimum absolute atomic E-state index is 0.0170. The number of benzene rings is 1. The first-order valence-electron chi connectivity index (χ1n) is 5.74. The van der Waals surface area contributed by atoms with E-state index in [-0.39, 0.29) is 10.8 Å². The van der Waals surface area contributed by atoms with Crippen LogP contribution in [-0.4, -0.2) is 27.5 Å². The molecule has 0 aliphatic rings. The maximum Gasteiger partial charge on any atom is 0.324 e. The maximum atomic E-state index is 12.2. The van der Waals surface area contributed by atoms with Crippen molar-refractivity contribution >= 4 is 43.5 Å². The highest BCUT2D eigenvalue weighted by atomic mass is 79.9. The van der Waals surface area contributed by atoms with Crippen molar-refractivity contribution in [3.8, 4) is 0 Å². The predicted molar refractivity (Wildman–Crippen MR) is 80.1 cm³/mol. The maximum absolute atomic E-state index is 12.2. The van der Waals surface area contributed by atoms with Gasteiger partial charge in [0.2, 0.25) is 10.0 Å². The average molecular weight is 385 g/mol. The summed E-state index contributed by atoms with van der Waals surface area (Å²) in [6.07, 6.45) is 0. The fourth-order valence-corrected chi connectivity index (χ4v) is 3.47. The van der Waals surface area contributed by atoms with Gasteiger partial charge < -0.3 is 4.74 Å². The Morgan fingerprint density at radius 3 is 2.45 bits per heavy atom. The van der Waals surface area contributed by atoms with Gasteiger partial charge in [-0.3, -0.25) is 4.79 Å². The van der Waals surface area contributed by atoms with E-state index in [4.69, 9.17) is 11.6 Å². The molecule has 8 heteroatoms. The summed E-state index contributed by atoms with van der Waals surface area (Å²) in [5.74, 6) is -0.871. The van der Waals surface area contributed by atoms with E-state index in [2.05, 4.69) is 25.4 Å². The minimum atomic E-state index is -3.84. The zero-order valence-electron chi connectivity index (χ0n) is 11.2. The number of carbonyl (C=O) groups is 1. The van der Waals surface area contributed by atoms with Crippen molar-refractivity contribution in [2.45, 2.75) is 24.8 Å². The molecule has 0 aromatic heterocycles. The summed E-state index contributed by atoms with van der Waals surface area (Å²) in [7, 11) is -2.63. The molecule has 0 saturated heterocycles. The van der Waals surface area contributed by atoms with Gasteiger partial charge in [-0.25, -0.2) is 8.42 Å². The summed E-state index contributed by atoms with van der Waals surface area (Å²) < 4.78 is 31.9. The lowest BCUT2D eigenvalue weighted by molar-refractivity contribution is -0.143. The van der Waals surface area contributed by atoms with Gasteiger partial charge >= 0.3 is 5.97 Å². The smallest absolute Gasteiger partial charge is 0.324 e. The first-order chi connectivity index (χ1) is 9.19. The molecule has 0 aliphatic carbocycles. The van der Waals surface area contributed by atoms with Crippen LogP contribution in [0.5, 0.6) is 0 Å². The molecular weight excluding hydrogens is 370 g/mol. The number of halogens is 2. The molecule has 0 bridgehead atoms. The van der Waals surface area contributed by atoms with Crippen LogP contribution in [0.2, 0.25) is 5.02 Å². The number of esters is 1. The van der Waals surface area contributed by atoms with Crippen molar-refractivity contribution in [2.75, 3.05) is 7.11 Å². The topological polar surface area (TPSA) is 72.5 Å². The second-order valence-electron chi connectivity index (χ2n) is 4.44. The fourth-order valence-electron chi connectivity index (χ4n) is 1.46. The molecule has 20 heavy (non-hydrogen) atoms. The Kier molecular flexibility index (Phi) is 6.00. The molecular formula is C12H15BrClNO4S. The molecule has 0 fully saturated rings. The van der Waals surface area contributed by atoms with Gasteiger partial charge in [0.15, 0.2) is 0 Å². The molecule has 1 rings (SSSR count). The van der Waals surface area contributed by atoms with Crippen molar-refractivity contribution in [3.63, 3.8) is 0 Å². The summed E-state index contributed by atoms with van der Waals surface area (Å²) in [6.45, 7) is 3.45. The molecule has 0 radical (unpaired) electrons. The zero-order chi connectivity index (χ0) is 15.5. The van der Waals surface area contributed by atoms with Crippen LogP contribution in [-0.2, 0) is 19.6 Å². The Hall–Kier alpha value is -0.630. The van der Waals surface area contributed by atoms with E-state index in [1.165, 1.54) is 25.3 Å². The van der Waals surface area contributed by atoms with Gasteiger partial charge in [0.25, 0.3) is 0 Å². The first kappa shape index (κ1) is 17.4. The number of hydrogen-bond donors (Lipinski definition) is 1. The zero-order valence-corrected chi connectivity index (χ0v) is 14.3. The molecule has 1 aromatic rings. The van der Waals surface area contributed by atoms with E-state index < -0.39 is 22.0 Å². The molecule has 1 atom stereocenters. The molecule has 5 nitrogen and oxygen atoms in total. The van der Waals surface area contributed by atoms with Gasteiger partial charge in [-0.15, -0.1) is 0 Å².